The second kappa shape index (κ2) is 5.30. The van der Waals surface area contributed by atoms with Crippen LogP contribution in [0.5, 0.6) is 0 Å². The molecule has 0 saturated heterocycles. The van der Waals surface area contributed by atoms with Gasteiger partial charge in [-0.3, -0.25) is 9.59 Å². The van der Waals surface area contributed by atoms with E-state index in [-0.39, 0.29) is 12.8 Å². The summed E-state index contributed by atoms with van der Waals surface area (Å²) in [6.07, 6.45) is -4.80. The zero-order valence-corrected chi connectivity index (χ0v) is 9.64. The van der Waals surface area contributed by atoms with Crippen molar-refractivity contribution in [1.29, 1.82) is 0 Å². The zero-order chi connectivity index (χ0) is 14.8. The molecule has 0 heterocycles. The molecule has 1 saturated carbocycles. The van der Waals surface area contributed by atoms with E-state index >= 15 is 0 Å². The van der Waals surface area contributed by atoms with Crippen LogP contribution in [-0.2, 0) is 9.59 Å². The second-order valence-electron chi connectivity index (χ2n) is 4.38. The SMILES string of the molecule is O=C(O)C1CCCCC1NC(=O)C(F)(F)C(F)(F)F. The number of hydrogen-bond donors (Lipinski definition) is 2. The first-order valence-electron chi connectivity index (χ1n) is 5.55. The summed E-state index contributed by atoms with van der Waals surface area (Å²) in [7, 11) is 0. The molecule has 4 nitrogen and oxygen atoms in total. The Bertz CT molecular complexity index is 369. The van der Waals surface area contributed by atoms with Gasteiger partial charge in [0.25, 0.3) is 0 Å². The first-order valence-corrected chi connectivity index (χ1v) is 5.55. The molecule has 19 heavy (non-hydrogen) atoms. The maximum Gasteiger partial charge on any atom is 0.463 e. The Morgan fingerprint density at radius 3 is 2.05 bits per heavy atom. The van der Waals surface area contributed by atoms with E-state index in [0.29, 0.717) is 12.8 Å². The van der Waals surface area contributed by atoms with E-state index in [9.17, 15) is 31.5 Å². The van der Waals surface area contributed by atoms with Gasteiger partial charge in [0.05, 0.1) is 5.92 Å². The van der Waals surface area contributed by atoms with Crippen molar-refractivity contribution in [3.05, 3.63) is 0 Å². The molecule has 0 aromatic carbocycles. The van der Waals surface area contributed by atoms with Crippen LogP contribution in [0.25, 0.3) is 0 Å². The molecule has 1 aliphatic rings. The standard InChI is InChI=1S/C10H12F5NO3/c11-9(12,10(13,14)15)8(19)16-6-4-2-1-3-5(6)7(17)18/h5-6H,1-4H2,(H,16,19)(H,17,18). The molecule has 2 N–H and O–H groups in total. The van der Waals surface area contributed by atoms with Crippen molar-refractivity contribution < 1.29 is 36.6 Å². The smallest absolute Gasteiger partial charge is 0.463 e. The molecule has 2 atom stereocenters. The number of carbonyl (C=O) groups is 2. The summed E-state index contributed by atoms with van der Waals surface area (Å²) in [4.78, 5) is 21.8. The molecule has 2 unspecified atom stereocenters. The van der Waals surface area contributed by atoms with Crippen molar-refractivity contribution in [3.8, 4) is 0 Å². The van der Waals surface area contributed by atoms with Gasteiger partial charge in [-0.1, -0.05) is 12.8 Å². The summed E-state index contributed by atoms with van der Waals surface area (Å²) < 4.78 is 61.3. The Labute approximate surface area is 105 Å². The minimum absolute atomic E-state index is 0.0661. The van der Waals surface area contributed by atoms with Gasteiger partial charge in [0.1, 0.15) is 0 Å². The van der Waals surface area contributed by atoms with E-state index in [0.717, 1.165) is 0 Å². The van der Waals surface area contributed by atoms with Crippen molar-refractivity contribution in [3.63, 3.8) is 0 Å². The van der Waals surface area contributed by atoms with E-state index in [4.69, 9.17) is 5.11 Å². The van der Waals surface area contributed by atoms with Crippen molar-refractivity contribution >= 4 is 11.9 Å². The highest BCUT2D eigenvalue weighted by molar-refractivity contribution is 5.85. The number of carboxylic acid groups (broad SMARTS) is 1. The van der Waals surface area contributed by atoms with Gasteiger partial charge in [-0.05, 0) is 12.8 Å². The van der Waals surface area contributed by atoms with Crippen LogP contribution in [0.3, 0.4) is 0 Å². The van der Waals surface area contributed by atoms with E-state index in [1.165, 1.54) is 5.32 Å². The van der Waals surface area contributed by atoms with Crippen molar-refractivity contribution in [2.24, 2.45) is 5.92 Å². The summed E-state index contributed by atoms with van der Waals surface area (Å²) in [5.74, 6) is -10.5. The van der Waals surface area contributed by atoms with Crippen LogP contribution in [0.1, 0.15) is 25.7 Å². The Morgan fingerprint density at radius 1 is 1.05 bits per heavy atom. The van der Waals surface area contributed by atoms with Crippen molar-refractivity contribution in [2.75, 3.05) is 0 Å². The Kier molecular flexibility index (Phi) is 4.36. The first kappa shape index (κ1) is 15.6. The van der Waals surface area contributed by atoms with E-state index in [2.05, 4.69) is 0 Å². The number of rotatable bonds is 3. The lowest BCUT2D eigenvalue weighted by atomic mass is 9.84. The molecule has 0 spiro atoms. The van der Waals surface area contributed by atoms with Crippen molar-refractivity contribution in [1.82, 2.24) is 5.32 Å². The molecule has 0 bridgehead atoms. The maximum atomic E-state index is 12.7. The zero-order valence-electron chi connectivity index (χ0n) is 9.64. The maximum absolute atomic E-state index is 12.7. The van der Waals surface area contributed by atoms with Crippen LogP contribution >= 0.6 is 0 Å². The summed E-state index contributed by atoms with van der Waals surface area (Å²) in [5, 5.41) is 10.3. The second-order valence-corrected chi connectivity index (χ2v) is 4.38. The molecule has 0 radical (unpaired) electrons. The number of amides is 1. The van der Waals surface area contributed by atoms with Gasteiger partial charge in [0.15, 0.2) is 0 Å². The van der Waals surface area contributed by atoms with E-state index in [1.54, 1.807) is 0 Å². The minimum atomic E-state index is -6.00. The predicted octanol–water partition coefficient (Wildman–Crippen LogP) is 1.94. The average molecular weight is 289 g/mol. The van der Waals surface area contributed by atoms with Gasteiger partial charge >= 0.3 is 24.0 Å². The molecule has 1 aliphatic carbocycles. The third-order valence-corrected chi connectivity index (χ3v) is 3.04. The van der Waals surface area contributed by atoms with Crippen LogP contribution in [-0.4, -0.2) is 35.1 Å². The Balaban J connectivity index is 2.77. The summed E-state index contributed by atoms with van der Waals surface area (Å²) in [6, 6.07) is -1.20. The molecule has 110 valence electrons. The largest absolute Gasteiger partial charge is 0.481 e. The van der Waals surface area contributed by atoms with Crippen LogP contribution in [0.2, 0.25) is 0 Å². The third-order valence-electron chi connectivity index (χ3n) is 3.04. The molecule has 9 heteroatoms. The predicted molar refractivity (Wildman–Crippen MR) is 52.5 cm³/mol. The van der Waals surface area contributed by atoms with Crippen LogP contribution in [0, 0.1) is 5.92 Å². The molecule has 0 aliphatic heterocycles. The fourth-order valence-corrected chi connectivity index (χ4v) is 1.99. The van der Waals surface area contributed by atoms with Gasteiger partial charge in [0.2, 0.25) is 0 Å². The molecule has 1 rings (SSSR count). The normalized spacial score (nSPS) is 24.9. The number of carboxylic acids is 1. The van der Waals surface area contributed by atoms with Gasteiger partial charge in [-0.15, -0.1) is 0 Å². The molecule has 0 aromatic heterocycles. The topological polar surface area (TPSA) is 66.4 Å². The van der Waals surface area contributed by atoms with Gasteiger partial charge in [-0.2, -0.15) is 22.0 Å². The monoisotopic (exact) mass is 289 g/mol. The van der Waals surface area contributed by atoms with Gasteiger partial charge in [-0.25, -0.2) is 0 Å². The lowest BCUT2D eigenvalue weighted by Crippen LogP contribution is -2.55. The lowest BCUT2D eigenvalue weighted by Gasteiger charge is -2.30. The Hall–Kier alpha value is -1.41. The van der Waals surface area contributed by atoms with Crippen LogP contribution < -0.4 is 5.32 Å². The molecule has 1 fully saturated rings. The molecule has 1 amide bonds. The van der Waals surface area contributed by atoms with Gasteiger partial charge < -0.3 is 10.4 Å². The number of aliphatic carboxylic acids is 1. The number of alkyl halides is 5. The summed E-state index contributed by atoms with van der Waals surface area (Å²) >= 11 is 0. The molecular formula is C10H12F5NO3. The lowest BCUT2D eigenvalue weighted by molar-refractivity contribution is -0.270. The average Bonchev–Trinajstić information content (AvgIpc) is 2.27. The number of halogens is 5. The number of hydrogen-bond acceptors (Lipinski definition) is 2. The number of nitrogens with one attached hydrogen (secondary N) is 1. The Morgan fingerprint density at radius 2 is 1.58 bits per heavy atom. The highest BCUT2D eigenvalue weighted by Crippen LogP contribution is 2.36. The fourth-order valence-electron chi connectivity index (χ4n) is 1.99. The molecular weight excluding hydrogens is 277 g/mol. The van der Waals surface area contributed by atoms with Crippen LogP contribution in [0.15, 0.2) is 0 Å². The highest BCUT2D eigenvalue weighted by atomic mass is 19.4. The van der Waals surface area contributed by atoms with Gasteiger partial charge in [0, 0.05) is 6.04 Å². The fraction of sp³-hybridized carbons (Fsp3) is 0.800. The first-order chi connectivity index (χ1) is 8.57. The minimum Gasteiger partial charge on any atom is -0.481 e. The third kappa shape index (κ3) is 3.32. The summed E-state index contributed by atoms with van der Waals surface area (Å²) in [5.41, 5.74) is 0. The summed E-state index contributed by atoms with van der Waals surface area (Å²) in [6.45, 7) is 0. The van der Waals surface area contributed by atoms with Crippen molar-refractivity contribution in [2.45, 2.75) is 43.8 Å². The van der Waals surface area contributed by atoms with Crippen LogP contribution in [0.4, 0.5) is 22.0 Å². The quantitative estimate of drug-likeness (QED) is 0.780. The highest BCUT2D eigenvalue weighted by Gasteiger charge is 2.63. The molecule has 0 aromatic rings. The van der Waals surface area contributed by atoms with E-state index < -0.39 is 35.9 Å². The number of carbonyl (C=O) groups excluding carboxylic acids is 1. The van der Waals surface area contributed by atoms with E-state index in [1.807, 2.05) is 0 Å².